The highest BCUT2D eigenvalue weighted by molar-refractivity contribution is 7.26. The molecular weight excluding hydrogens is 641 g/mol. The van der Waals surface area contributed by atoms with Crippen LogP contribution < -0.4 is 0 Å². The Hall–Kier alpha value is -1.06. The van der Waals surface area contributed by atoms with Gasteiger partial charge in [0.2, 0.25) is 0 Å². The molecule has 0 bridgehead atoms. The molecule has 0 spiro atoms. The maximum Gasteiger partial charge on any atom is 0.158 e. The zero-order chi connectivity index (χ0) is 32.5. The quantitative estimate of drug-likeness (QED) is 0.0978. The Labute approximate surface area is 297 Å². The van der Waals surface area contributed by atoms with Crippen LogP contribution in [0.4, 0.5) is 0 Å². The molecule has 3 aromatic heterocycles. The van der Waals surface area contributed by atoms with E-state index < -0.39 is 0 Å². The van der Waals surface area contributed by atoms with Crippen LogP contribution in [0.2, 0.25) is 0 Å². The summed E-state index contributed by atoms with van der Waals surface area (Å²) in [4.78, 5) is 5.80. The molecule has 2 saturated heterocycles. The maximum absolute atomic E-state index is 6.36. The number of rotatable bonds is 22. The van der Waals surface area contributed by atoms with Gasteiger partial charge in [0.25, 0.3) is 0 Å². The van der Waals surface area contributed by atoms with Gasteiger partial charge in [0, 0.05) is 23.0 Å². The Bertz CT molecular complexity index is 1170. The van der Waals surface area contributed by atoms with Crippen LogP contribution in [0.15, 0.2) is 22.9 Å². The molecule has 2 aliphatic heterocycles. The third-order valence-corrected chi connectivity index (χ3v) is 13.2. The number of hydrogen-bond acceptors (Lipinski definition) is 7. The highest BCUT2D eigenvalue weighted by Crippen LogP contribution is 2.49. The highest BCUT2D eigenvalue weighted by atomic mass is 32.1. The largest absolute Gasteiger partial charge is 0.353 e. The summed E-state index contributed by atoms with van der Waals surface area (Å²) in [6.07, 6.45) is 24.8. The van der Waals surface area contributed by atoms with Gasteiger partial charge in [0.15, 0.2) is 12.6 Å². The fraction of sp³-hybridized carbons (Fsp3) is 0.700. The molecule has 2 fully saturated rings. The third kappa shape index (κ3) is 11.5. The van der Waals surface area contributed by atoms with E-state index >= 15 is 0 Å². The third-order valence-electron chi connectivity index (χ3n) is 9.71. The van der Waals surface area contributed by atoms with Gasteiger partial charge in [-0.3, -0.25) is 0 Å². The van der Waals surface area contributed by atoms with Crippen molar-refractivity contribution in [1.82, 2.24) is 0 Å². The zero-order valence-corrected chi connectivity index (χ0v) is 31.7. The molecule has 47 heavy (non-hydrogen) atoms. The van der Waals surface area contributed by atoms with Gasteiger partial charge in [-0.25, -0.2) is 0 Å². The molecular formula is C40H60O4S3. The number of hydrogen-bond donors (Lipinski definition) is 0. The fourth-order valence-corrected chi connectivity index (χ4v) is 10.5. The van der Waals surface area contributed by atoms with Crippen LogP contribution in [0, 0.1) is 0 Å². The van der Waals surface area contributed by atoms with Crippen molar-refractivity contribution in [2.75, 3.05) is 13.2 Å². The molecule has 0 N–H and O–H groups in total. The summed E-state index contributed by atoms with van der Waals surface area (Å²) in [7, 11) is 0. The van der Waals surface area contributed by atoms with E-state index in [2.05, 4.69) is 36.7 Å². The van der Waals surface area contributed by atoms with Crippen molar-refractivity contribution in [1.29, 1.82) is 0 Å². The Morgan fingerprint density at radius 2 is 1.02 bits per heavy atom. The molecule has 0 amide bonds. The normalized spacial score (nSPS) is 18.7. The van der Waals surface area contributed by atoms with Crippen molar-refractivity contribution in [2.45, 2.75) is 168 Å². The fourth-order valence-electron chi connectivity index (χ4n) is 6.91. The van der Waals surface area contributed by atoms with Crippen LogP contribution >= 0.6 is 34.0 Å². The van der Waals surface area contributed by atoms with Crippen molar-refractivity contribution < 1.29 is 18.9 Å². The van der Waals surface area contributed by atoms with Crippen LogP contribution in [0.3, 0.4) is 0 Å². The monoisotopic (exact) mass is 700 g/mol. The first kappa shape index (κ1) is 37.2. The molecule has 2 atom stereocenters. The first-order valence-electron chi connectivity index (χ1n) is 19.0. The lowest BCUT2D eigenvalue weighted by Gasteiger charge is -2.22. The van der Waals surface area contributed by atoms with Crippen molar-refractivity contribution >= 4 is 34.0 Å². The minimum absolute atomic E-state index is 0.0666. The molecule has 262 valence electrons. The summed E-state index contributed by atoms with van der Waals surface area (Å²) in [5, 5.41) is 4.54. The predicted octanol–water partition coefficient (Wildman–Crippen LogP) is 13.1. The molecule has 7 heteroatoms. The van der Waals surface area contributed by atoms with Crippen LogP contribution in [-0.4, -0.2) is 25.8 Å². The van der Waals surface area contributed by atoms with E-state index in [-0.39, 0.29) is 12.6 Å². The Kier molecular flexibility index (Phi) is 16.8. The summed E-state index contributed by atoms with van der Waals surface area (Å²) in [5.41, 5.74) is 5.86. The molecule has 5 rings (SSSR count). The maximum atomic E-state index is 6.36. The Morgan fingerprint density at radius 3 is 1.45 bits per heavy atom. The van der Waals surface area contributed by atoms with Crippen LogP contribution in [0.1, 0.15) is 152 Å². The summed E-state index contributed by atoms with van der Waals surface area (Å²) in [6, 6.07) is 4.58. The highest BCUT2D eigenvalue weighted by Gasteiger charge is 2.26. The standard InChI is InChI=1S/C40H60O4S3/c1-3-5-7-9-11-13-19-33-34(20-14-12-10-8-6-4-2)40(38-32(24-28-46-38)30-44-36-22-16-18-26-42-36)47-39(33)37-31(23-27-45-37)29-43-35-21-15-17-25-41-35/h23-24,27-28,35-36H,3-22,25-26,29-30H2,1-2H3. The number of unbranched alkanes of at least 4 members (excludes halogenated alkanes) is 10. The van der Waals surface area contributed by atoms with E-state index in [0.29, 0.717) is 13.2 Å². The second-order valence-electron chi connectivity index (χ2n) is 13.5. The van der Waals surface area contributed by atoms with Gasteiger partial charge < -0.3 is 18.9 Å². The van der Waals surface area contributed by atoms with E-state index in [9.17, 15) is 0 Å². The van der Waals surface area contributed by atoms with Crippen molar-refractivity contribution in [3.8, 4) is 19.5 Å². The lowest BCUT2D eigenvalue weighted by Crippen LogP contribution is -2.21. The average molecular weight is 701 g/mol. The Balaban J connectivity index is 1.43. The first-order valence-corrected chi connectivity index (χ1v) is 21.6. The second kappa shape index (κ2) is 21.2. The van der Waals surface area contributed by atoms with E-state index in [1.54, 1.807) is 11.1 Å². The van der Waals surface area contributed by atoms with Crippen molar-refractivity contribution in [3.63, 3.8) is 0 Å². The number of thiophene rings is 3. The first-order chi connectivity index (χ1) is 23.3. The van der Waals surface area contributed by atoms with E-state index in [1.165, 1.54) is 133 Å². The average Bonchev–Trinajstić information content (AvgIpc) is 3.86. The Morgan fingerprint density at radius 1 is 0.574 bits per heavy atom. The molecule has 2 aliphatic rings. The molecule has 2 unspecified atom stereocenters. The zero-order valence-electron chi connectivity index (χ0n) is 29.3. The van der Waals surface area contributed by atoms with Gasteiger partial charge in [0.1, 0.15) is 0 Å². The predicted molar refractivity (Wildman–Crippen MR) is 202 cm³/mol. The molecule has 4 nitrogen and oxygen atoms in total. The molecule has 0 aliphatic carbocycles. The van der Waals surface area contributed by atoms with E-state index in [1.807, 2.05) is 34.0 Å². The van der Waals surface area contributed by atoms with E-state index in [0.717, 1.165) is 38.9 Å². The molecule has 5 heterocycles. The van der Waals surface area contributed by atoms with Gasteiger partial charge >= 0.3 is 0 Å². The minimum atomic E-state index is -0.0666. The van der Waals surface area contributed by atoms with Crippen LogP contribution in [0.25, 0.3) is 19.5 Å². The van der Waals surface area contributed by atoms with Crippen LogP contribution in [0.5, 0.6) is 0 Å². The van der Waals surface area contributed by atoms with Gasteiger partial charge in [-0.1, -0.05) is 78.1 Å². The lowest BCUT2D eigenvalue weighted by molar-refractivity contribution is -0.169. The summed E-state index contributed by atoms with van der Waals surface area (Å²) in [5.74, 6) is 0. The molecule has 3 aromatic rings. The summed E-state index contributed by atoms with van der Waals surface area (Å²) in [6.45, 7) is 7.50. The van der Waals surface area contributed by atoms with Crippen LogP contribution in [-0.2, 0) is 45.0 Å². The van der Waals surface area contributed by atoms with Crippen molar-refractivity contribution in [3.05, 3.63) is 45.1 Å². The van der Waals surface area contributed by atoms with Gasteiger partial charge in [-0.2, -0.15) is 0 Å². The molecule has 0 saturated carbocycles. The summed E-state index contributed by atoms with van der Waals surface area (Å²) >= 11 is 5.83. The van der Waals surface area contributed by atoms with Crippen molar-refractivity contribution in [2.24, 2.45) is 0 Å². The number of ether oxygens (including phenoxy) is 4. The topological polar surface area (TPSA) is 36.9 Å². The summed E-state index contributed by atoms with van der Waals surface area (Å²) < 4.78 is 24.6. The lowest BCUT2D eigenvalue weighted by atomic mass is 9.95. The second-order valence-corrected chi connectivity index (χ2v) is 16.4. The van der Waals surface area contributed by atoms with E-state index in [4.69, 9.17) is 18.9 Å². The molecule has 0 radical (unpaired) electrons. The smallest absolute Gasteiger partial charge is 0.158 e. The van der Waals surface area contributed by atoms with Gasteiger partial charge in [-0.15, -0.1) is 34.0 Å². The molecule has 0 aromatic carbocycles. The SMILES string of the molecule is CCCCCCCCc1c(-c2sccc2COC2CCCCO2)sc(-c2sccc2COC2CCCCO2)c1CCCCCCCC. The van der Waals surface area contributed by atoms with Gasteiger partial charge in [0.05, 0.1) is 23.0 Å². The minimum Gasteiger partial charge on any atom is -0.353 e. The van der Waals surface area contributed by atoms with Gasteiger partial charge in [-0.05, 0) is 109 Å².